The molecule has 1 unspecified atom stereocenters. The average Bonchev–Trinajstić information content (AvgIpc) is 2.80. The summed E-state index contributed by atoms with van der Waals surface area (Å²) in [6.07, 6.45) is -4.70. The molecular weight excluding hydrogens is 350 g/mol. The van der Waals surface area contributed by atoms with Crippen LogP contribution in [-0.4, -0.2) is 10.1 Å². The van der Waals surface area contributed by atoms with Crippen LogP contribution in [0.5, 0.6) is 0 Å². The van der Waals surface area contributed by atoms with Crippen LogP contribution in [0.2, 0.25) is 5.02 Å². The molecule has 0 amide bonds. The van der Waals surface area contributed by atoms with E-state index in [1.54, 1.807) is 12.1 Å². The first kappa shape index (κ1) is 14.3. The Labute approximate surface area is 118 Å². The summed E-state index contributed by atoms with van der Waals surface area (Å²) < 4.78 is 41.7. The summed E-state index contributed by atoms with van der Waals surface area (Å²) in [5.74, 6) is -1.70. The van der Waals surface area contributed by atoms with Crippen LogP contribution < -0.4 is 5.73 Å². The molecule has 19 heavy (non-hydrogen) atoms. The number of benzene rings is 1. The number of halogens is 5. The highest BCUT2D eigenvalue weighted by Gasteiger charge is 2.39. The Hall–Kier alpha value is -1.12. The molecule has 1 atom stereocenters. The number of alkyl halides is 3. The number of aromatic nitrogens is 2. The molecular formula is C10H6BrClF3N3O. The molecule has 0 saturated heterocycles. The van der Waals surface area contributed by atoms with Crippen LogP contribution in [0.4, 0.5) is 13.2 Å². The third kappa shape index (κ3) is 3.07. The van der Waals surface area contributed by atoms with Crippen LogP contribution in [0.15, 0.2) is 27.2 Å². The smallest absolute Gasteiger partial charge is 0.329 e. The van der Waals surface area contributed by atoms with Gasteiger partial charge in [-0.05, 0) is 23.8 Å². The van der Waals surface area contributed by atoms with E-state index in [-0.39, 0.29) is 5.82 Å². The van der Waals surface area contributed by atoms with E-state index in [0.29, 0.717) is 15.1 Å². The number of nitrogens with two attached hydrogens (primary N) is 1. The molecule has 0 saturated carbocycles. The zero-order valence-electron chi connectivity index (χ0n) is 9.08. The Morgan fingerprint density at radius 1 is 1.37 bits per heavy atom. The van der Waals surface area contributed by atoms with Crippen LogP contribution in [-0.2, 0) is 6.18 Å². The van der Waals surface area contributed by atoms with Crippen molar-refractivity contribution in [2.45, 2.75) is 12.2 Å². The lowest BCUT2D eigenvalue weighted by Crippen LogP contribution is -2.15. The molecule has 1 heterocycles. The van der Waals surface area contributed by atoms with Gasteiger partial charge in [-0.25, -0.2) is 0 Å². The summed E-state index contributed by atoms with van der Waals surface area (Å²) in [5.41, 5.74) is 6.26. The predicted octanol–water partition coefficient (Wildman–Crippen LogP) is 3.55. The standard InChI is InChI=1S/C10H6BrClF3N3O/c11-6-2-1-4(12)3-5(6)7(16)8-17-9(19-18-8)10(13,14)15/h1-3,7H,16H2. The number of nitrogens with zero attached hydrogens (tertiary/aromatic N) is 2. The summed E-state index contributed by atoms with van der Waals surface area (Å²) in [7, 11) is 0. The Bertz CT molecular complexity index is 602. The Morgan fingerprint density at radius 2 is 2.05 bits per heavy atom. The Balaban J connectivity index is 2.36. The highest BCUT2D eigenvalue weighted by molar-refractivity contribution is 9.10. The predicted molar refractivity (Wildman–Crippen MR) is 64.5 cm³/mol. The fourth-order valence-electron chi connectivity index (χ4n) is 1.37. The van der Waals surface area contributed by atoms with Crippen molar-refractivity contribution in [3.8, 4) is 0 Å². The molecule has 2 aromatic rings. The molecule has 0 aliphatic rings. The van der Waals surface area contributed by atoms with Crippen molar-refractivity contribution >= 4 is 27.5 Å². The molecule has 2 rings (SSSR count). The normalized spacial score (nSPS) is 13.6. The summed E-state index contributed by atoms with van der Waals surface area (Å²) in [6, 6.07) is 3.77. The Morgan fingerprint density at radius 3 is 2.63 bits per heavy atom. The van der Waals surface area contributed by atoms with E-state index < -0.39 is 18.1 Å². The SMILES string of the molecule is NC(c1noc(C(F)(F)F)n1)c1cc(Cl)ccc1Br. The zero-order chi connectivity index (χ0) is 14.2. The van der Waals surface area contributed by atoms with Gasteiger partial charge in [-0.1, -0.05) is 32.7 Å². The van der Waals surface area contributed by atoms with E-state index in [0.717, 1.165) is 0 Å². The molecule has 0 aliphatic heterocycles. The van der Waals surface area contributed by atoms with E-state index in [4.69, 9.17) is 17.3 Å². The number of rotatable bonds is 2. The van der Waals surface area contributed by atoms with Crippen molar-refractivity contribution in [1.82, 2.24) is 10.1 Å². The van der Waals surface area contributed by atoms with E-state index in [2.05, 4.69) is 30.6 Å². The van der Waals surface area contributed by atoms with Crippen LogP contribution in [0.25, 0.3) is 0 Å². The van der Waals surface area contributed by atoms with E-state index in [9.17, 15) is 13.2 Å². The molecule has 0 spiro atoms. The lowest BCUT2D eigenvalue weighted by Gasteiger charge is -2.10. The number of hydrogen-bond donors (Lipinski definition) is 1. The van der Waals surface area contributed by atoms with Crippen molar-refractivity contribution in [1.29, 1.82) is 0 Å². The van der Waals surface area contributed by atoms with E-state index in [1.807, 2.05) is 0 Å². The molecule has 2 N–H and O–H groups in total. The van der Waals surface area contributed by atoms with Crippen LogP contribution >= 0.6 is 27.5 Å². The second kappa shape index (κ2) is 5.10. The van der Waals surface area contributed by atoms with Crippen molar-refractivity contribution in [2.75, 3.05) is 0 Å². The largest absolute Gasteiger partial charge is 0.471 e. The topological polar surface area (TPSA) is 64.9 Å². The molecule has 0 bridgehead atoms. The zero-order valence-corrected chi connectivity index (χ0v) is 11.4. The third-order valence-electron chi connectivity index (χ3n) is 2.26. The molecule has 0 radical (unpaired) electrons. The van der Waals surface area contributed by atoms with Gasteiger partial charge in [0.15, 0.2) is 5.82 Å². The van der Waals surface area contributed by atoms with Gasteiger partial charge in [-0.2, -0.15) is 18.2 Å². The molecule has 0 aliphatic carbocycles. The maximum atomic E-state index is 12.3. The summed E-state index contributed by atoms with van der Waals surface area (Å²) in [4.78, 5) is 3.24. The summed E-state index contributed by atoms with van der Waals surface area (Å²) >= 11 is 9.03. The molecule has 0 fully saturated rings. The maximum Gasteiger partial charge on any atom is 0.471 e. The van der Waals surface area contributed by atoms with Crippen molar-refractivity contribution < 1.29 is 17.7 Å². The van der Waals surface area contributed by atoms with Gasteiger partial charge in [0.2, 0.25) is 0 Å². The van der Waals surface area contributed by atoms with E-state index >= 15 is 0 Å². The number of hydrogen-bond acceptors (Lipinski definition) is 4. The summed E-state index contributed by atoms with van der Waals surface area (Å²) in [5, 5.41) is 3.63. The highest BCUT2D eigenvalue weighted by atomic mass is 79.9. The second-order valence-electron chi connectivity index (χ2n) is 3.60. The van der Waals surface area contributed by atoms with Crippen molar-refractivity contribution in [3.63, 3.8) is 0 Å². The van der Waals surface area contributed by atoms with Gasteiger partial charge in [0.05, 0.1) is 6.04 Å². The van der Waals surface area contributed by atoms with Gasteiger partial charge >= 0.3 is 12.1 Å². The monoisotopic (exact) mass is 355 g/mol. The van der Waals surface area contributed by atoms with Crippen molar-refractivity contribution in [3.05, 3.63) is 45.0 Å². The molecule has 9 heteroatoms. The maximum absolute atomic E-state index is 12.3. The lowest BCUT2D eigenvalue weighted by atomic mass is 10.1. The molecule has 102 valence electrons. The average molecular weight is 357 g/mol. The first-order valence-electron chi connectivity index (χ1n) is 4.90. The van der Waals surface area contributed by atoms with Gasteiger partial charge in [-0.15, -0.1) is 0 Å². The fourth-order valence-corrected chi connectivity index (χ4v) is 2.04. The van der Waals surface area contributed by atoms with Crippen molar-refractivity contribution in [2.24, 2.45) is 5.73 Å². The lowest BCUT2D eigenvalue weighted by molar-refractivity contribution is -0.159. The molecule has 1 aromatic heterocycles. The van der Waals surface area contributed by atoms with Crippen LogP contribution in [0.1, 0.15) is 23.3 Å². The summed E-state index contributed by atoms with van der Waals surface area (Å²) in [6.45, 7) is 0. The van der Waals surface area contributed by atoms with Crippen LogP contribution in [0.3, 0.4) is 0 Å². The molecule has 4 nitrogen and oxygen atoms in total. The van der Waals surface area contributed by atoms with Gasteiger partial charge in [0.1, 0.15) is 0 Å². The minimum absolute atomic E-state index is 0.268. The first-order valence-corrected chi connectivity index (χ1v) is 6.07. The quantitative estimate of drug-likeness (QED) is 0.894. The van der Waals surface area contributed by atoms with E-state index in [1.165, 1.54) is 6.07 Å². The first-order chi connectivity index (χ1) is 8.79. The van der Waals surface area contributed by atoms with Gasteiger partial charge in [0, 0.05) is 9.50 Å². The Kier molecular flexibility index (Phi) is 3.84. The molecule has 1 aromatic carbocycles. The second-order valence-corrected chi connectivity index (χ2v) is 4.89. The van der Waals surface area contributed by atoms with Gasteiger partial charge in [-0.3, -0.25) is 0 Å². The van der Waals surface area contributed by atoms with Gasteiger partial charge < -0.3 is 10.3 Å². The van der Waals surface area contributed by atoms with Crippen LogP contribution in [0, 0.1) is 0 Å². The fraction of sp³-hybridized carbons (Fsp3) is 0.200. The third-order valence-corrected chi connectivity index (χ3v) is 3.21. The van der Waals surface area contributed by atoms with Gasteiger partial charge in [0.25, 0.3) is 0 Å². The highest BCUT2D eigenvalue weighted by Crippen LogP contribution is 2.31. The minimum atomic E-state index is -4.70. The minimum Gasteiger partial charge on any atom is -0.329 e.